The lowest BCUT2D eigenvalue weighted by Gasteiger charge is -2.10. The van der Waals surface area contributed by atoms with Crippen molar-refractivity contribution < 1.29 is 0 Å². The second-order valence-electron chi connectivity index (χ2n) is 3.80. The molecule has 4 heteroatoms. The molecule has 1 aliphatic heterocycles. The van der Waals surface area contributed by atoms with Crippen LogP contribution in [0, 0.1) is 23.2 Å². The van der Waals surface area contributed by atoms with E-state index in [-0.39, 0.29) is 5.37 Å². The summed E-state index contributed by atoms with van der Waals surface area (Å²) in [5.74, 6) is 0. The molecular formula is C13H12N2OS. The van der Waals surface area contributed by atoms with Crippen molar-refractivity contribution in [2.24, 2.45) is 5.18 Å². The fraction of sp³-hybridized carbons (Fsp3) is 0.231. The highest BCUT2D eigenvalue weighted by Gasteiger charge is 2.20. The van der Waals surface area contributed by atoms with Gasteiger partial charge in [-0.1, -0.05) is 35.5 Å². The number of rotatable bonds is 2. The van der Waals surface area contributed by atoms with Crippen molar-refractivity contribution in [3.8, 4) is 6.07 Å². The second kappa shape index (κ2) is 5.07. The molecule has 0 aliphatic carbocycles. The Labute approximate surface area is 103 Å². The van der Waals surface area contributed by atoms with Gasteiger partial charge in [-0.2, -0.15) is 5.26 Å². The largest absolute Gasteiger partial charge is 0.192 e. The van der Waals surface area contributed by atoms with Crippen LogP contribution >= 0.6 is 10.5 Å². The molecule has 0 spiro atoms. The lowest BCUT2D eigenvalue weighted by Crippen LogP contribution is -2.04. The number of hydrogen-bond donors (Lipinski definition) is 0. The van der Waals surface area contributed by atoms with Gasteiger partial charge in [-0.05, 0) is 17.9 Å². The number of nitroso groups, excluding NO2 is 1. The third-order valence-electron chi connectivity index (χ3n) is 2.72. The molecule has 1 aromatic carbocycles. The molecule has 1 aromatic rings. The Morgan fingerprint density at radius 1 is 1.53 bits per heavy atom. The Balaban J connectivity index is 2.59. The van der Waals surface area contributed by atoms with Crippen LogP contribution in [-0.4, -0.2) is 10.2 Å². The summed E-state index contributed by atoms with van der Waals surface area (Å²) in [6.45, 7) is 1.97. The summed E-state index contributed by atoms with van der Waals surface area (Å²) in [4.78, 5) is 11.4. The molecule has 0 fully saturated rings. The molecule has 17 heavy (non-hydrogen) atoms. The van der Waals surface area contributed by atoms with Gasteiger partial charge in [0.05, 0.1) is 4.86 Å². The fourth-order valence-corrected chi connectivity index (χ4v) is 3.74. The quantitative estimate of drug-likeness (QED) is 0.455. The van der Waals surface area contributed by atoms with Crippen LogP contribution in [0.3, 0.4) is 0 Å². The van der Waals surface area contributed by atoms with E-state index in [2.05, 4.69) is 11.2 Å². The molecule has 0 saturated heterocycles. The summed E-state index contributed by atoms with van der Waals surface area (Å²) in [6, 6.07) is 9.99. The molecule has 0 radical (unpaired) electrons. The van der Waals surface area contributed by atoms with Gasteiger partial charge >= 0.3 is 0 Å². The first-order chi connectivity index (χ1) is 8.27. The molecule has 3 nitrogen and oxygen atoms in total. The molecule has 0 saturated carbocycles. The van der Waals surface area contributed by atoms with Gasteiger partial charge in [0.25, 0.3) is 0 Å². The third-order valence-corrected chi connectivity index (χ3v) is 4.85. The predicted octanol–water partition coefficient (Wildman–Crippen LogP) is 3.32. The number of hydrogen-bond acceptors (Lipinski definition) is 3. The van der Waals surface area contributed by atoms with E-state index in [4.69, 9.17) is 0 Å². The van der Waals surface area contributed by atoms with E-state index in [9.17, 15) is 10.2 Å². The highest BCUT2D eigenvalue weighted by molar-refractivity contribution is 8.19. The number of nitriles is 1. The monoisotopic (exact) mass is 244 g/mol. The van der Waals surface area contributed by atoms with Crippen molar-refractivity contribution in [3.63, 3.8) is 0 Å². The van der Waals surface area contributed by atoms with Crippen molar-refractivity contribution in [2.45, 2.75) is 18.7 Å². The van der Waals surface area contributed by atoms with Gasteiger partial charge in [-0.3, -0.25) is 0 Å². The van der Waals surface area contributed by atoms with Crippen molar-refractivity contribution in [1.29, 1.82) is 5.26 Å². The van der Waals surface area contributed by atoms with Gasteiger partial charge in [-0.15, -0.1) is 15.4 Å². The second-order valence-corrected chi connectivity index (χ2v) is 5.76. The normalized spacial score (nSPS) is 23.2. The zero-order valence-electron chi connectivity index (χ0n) is 9.46. The maximum absolute atomic E-state index is 10.7. The Morgan fingerprint density at radius 2 is 2.29 bits per heavy atom. The molecule has 0 bridgehead atoms. The minimum Gasteiger partial charge on any atom is -0.192 e. The Kier molecular flexibility index (Phi) is 3.50. The van der Waals surface area contributed by atoms with Crippen LogP contribution in [-0.2, 0) is 0 Å². The van der Waals surface area contributed by atoms with E-state index in [0.29, 0.717) is 11.3 Å². The van der Waals surface area contributed by atoms with E-state index in [1.165, 1.54) is 0 Å². The zero-order valence-corrected chi connectivity index (χ0v) is 10.3. The van der Waals surface area contributed by atoms with Crippen LogP contribution in [0.25, 0.3) is 0 Å². The van der Waals surface area contributed by atoms with Crippen LogP contribution in [0.2, 0.25) is 0 Å². The summed E-state index contributed by atoms with van der Waals surface area (Å²) in [7, 11) is -0.468. The zero-order chi connectivity index (χ0) is 12.3. The van der Waals surface area contributed by atoms with Gasteiger partial charge in [-0.25, -0.2) is 0 Å². The lowest BCUT2D eigenvalue weighted by molar-refractivity contribution is 0.942. The van der Waals surface area contributed by atoms with E-state index >= 15 is 0 Å². The molecule has 0 aromatic heterocycles. The molecule has 2 unspecified atom stereocenters. The number of aryl methyl sites for hydroxylation is 1. The van der Waals surface area contributed by atoms with Crippen LogP contribution in [0.5, 0.6) is 0 Å². The van der Waals surface area contributed by atoms with Crippen molar-refractivity contribution >= 4 is 15.3 Å². The maximum atomic E-state index is 10.7. The van der Waals surface area contributed by atoms with E-state index in [1.807, 2.05) is 42.7 Å². The molecule has 0 amide bonds. The van der Waals surface area contributed by atoms with E-state index < -0.39 is 10.5 Å². The minimum absolute atomic E-state index is 0.302. The first-order valence-corrected chi connectivity index (χ1v) is 6.67. The molecular weight excluding hydrogens is 232 g/mol. The van der Waals surface area contributed by atoms with E-state index in [1.54, 1.807) is 0 Å². The summed E-state index contributed by atoms with van der Waals surface area (Å²) >= 11 is 0. The maximum Gasteiger partial charge on any atom is 0.141 e. The summed E-state index contributed by atoms with van der Waals surface area (Å²) in [6.07, 6.45) is 2.58. The fourth-order valence-electron chi connectivity index (χ4n) is 1.83. The first kappa shape index (κ1) is 11.7. The highest BCUT2D eigenvalue weighted by atomic mass is 32.2. The van der Waals surface area contributed by atoms with Gasteiger partial charge in [0.1, 0.15) is 11.4 Å². The standard InChI is InChI=1S/C13H12N2OS/c1-10-5-2-3-6-11(10)12(9-14)17-8-4-7-13(17)15-16/h2-6,8,13H,7H2,1H3. The third kappa shape index (κ3) is 2.20. The molecule has 2 rings (SSSR count). The molecule has 1 heterocycles. The average Bonchev–Trinajstić information content (AvgIpc) is 2.81. The summed E-state index contributed by atoms with van der Waals surface area (Å²) < 4.78 is 0. The molecule has 0 N–H and O–H groups in total. The van der Waals surface area contributed by atoms with Crippen LogP contribution in [0.4, 0.5) is 0 Å². The summed E-state index contributed by atoms with van der Waals surface area (Å²) in [5, 5.41) is 14.1. The van der Waals surface area contributed by atoms with Gasteiger partial charge in [0, 0.05) is 12.0 Å². The first-order valence-electron chi connectivity index (χ1n) is 5.32. The number of nitrogens with zero attached hydrogens (tertiary/aromatic N) is 2. The van der Waals surface area contributed by atoms with Crippen molar-refractivity contribution in [3.05, 3.63) is 51.8 Å². The molecule has 1 aliphatic rings. The molecule has 86 valence electrons. The molecule has 2 atom stereocenters. The SMILES string of the molecule is Cc1ccccc1C(C#N)=S1C=CCC1N=O. The van der Waals surface area contributed by atoms with Gasteiger partial charge in [0.15, 0.2) is 0 Å². The van der Waals surface area contributed by atoms with Gasteiger partial charge < -0.3 is 0 Å². The van der Waals surface area contributed by atoms with E-state index in [0.717, 1.165) is 11.1 Å². The summed E-state index contributed by atoms with van der Waals surface area (Å²) in [5.41, 5.74) is 1.99. The lowest BCUT2D eigenvalue weighted by atomic mass is 10.1. The predicted molar refractivity (Wildman–Crippen MR) is 71.8 cm³/mol. The Morgan fingerprint density at radius 3 is 2.94 bits per heavy atom. The van der Waals surface area contributed by atoms with Crippen LogP contribution < -0.4 is 0 Å². The Hall–Kier alpha value is -1.73. The smallest absolute Gasteiger partial charge is 0.141 e. The minimum atomic E-state index is -0.468. The average molecular weight is 244 g/mol. The van der Waals surface area contributed by atoms with Crippen LogP contribution in [0.15, 0.2) is 40.9 Å². The van der Waals surface area contributed by atoms with Crippen LogP contribution in [0.1, 0.15) is 17.5 Å². The number of benzene rings is 1. The van der Waals surface area contributed by atoms with Gasteiger partial charge in [0.2, 0.25) is 0 Å². The topological polar surface area (TPSA) is 53.2 Å². The highest BCUT2D eigenvalue weighted by Crippen LogP contribution is 2.36. The van der Waals surface area contributed by atoms with Crippen molar-refractivity contribution in [1.82, 2.24) is 0 Å². The van der Waals surface area contributed by atoms with Crippen molar-refractivity contribution in [2.75, 3.05) is 0 Å². The Bertz CT molecular complexity index is 555.